The largest absolute Gasteiger partial charge is 0.497 e. The zero-order valence-corrected chi connectivity index (χ0v) is 14.7. The molecule has 2 rings (SSSR count). The van der Waals surface area contributed by atoms with Gasteiger partial charge in [0.2, 0.25) is 5.91 Å². The number of amides is 1. The summed E-state index contributed by atoms with van der Waals surface area (Å²) in [6.45, 7) is 10.5. The summed E-state index contributed by atoms with van der Waals surface area (Å²) in [5, 5.41) is 3.07. The Morgan fingerprint density at radius 1 is 1.22 bits per heavy atom. The third-order valence-electron chi connectivity index (χ3n) is 4.55. The summed E-state index contributed by atoms with van der Waals surface area (Å²) in [5.41, 5.74) is 1.18. The fourth-order valence-electron chi connectivity index (χ4n) is 2.64. The summed E-state index contributed by atoms with van der Waals surface area (Å²) in [7, 11) is 1.69. The van der Waals surface area contributed by atoms with Crippen LogP contribution in [0, 0.1) is 5.92 Å². The Morgan fingerprint density at radius 3 is 2.52 bits per heavy atom. The Bertz CT molecular complexity index is 511. The van der Waals surface area contributed by atoms with Gasteiger partial charge in [0.1, 0.15) is 5.75 Å². The maximum Gasteiger partial charge on any atom is 0.234 e. The number of hydrogen-bond acceptors (Lipinski definition) is 4. The van der Waals surface area contributed by atoms with Crippen LogP contribution in [0.3, 0.4) is 0 Å². The van der Waals surface area contributed by atoms with Crippen molar-refractivity contribution in [3.05, 3.63) is 24.3 Å². The van der Waals surface area contributed by atoms with Gasteiger partial charge in [0.25, 0.3) is 0 Å². The smallest absolute Gasteiger partial charge is 0.234 e. The molecule has 23 heavy (non-hydrogen) atoms. The minimum atomic E-state index is 0.126. The van der Waals surface area contributed by atoms with Crippen molar-refractivity contribution in [3.8, 4) is 5.75 Å². The van der Waals surface area contributed by atoms with Gasteiger partial charge in [-0.1, -0.05) is 19.9 Å². The van der Waals surface area contributed by atoms with Crippen molar-refractivity contribution in [1.29, 1.82) is 0 Å². The zero-order valence-electron chi connectivity index (χ0n) is 14.7. The Balaban J connectivity index is 1.80. The lowest BCUT2D eigenvalue weighted by Crippen LogP contribution is -2.50. The van der Waals surface area contributed by atoms with E-state index in [1.165, 1.54) is 5.69 Å². The van der Waals surface area contributed by atoms with E-state index in [4.69, 9.17) is 4.74 Å². The summed E-state index contributed by atoms with van der Waals surface area (Å²) in [4.78, 5) is 16.6. The van der Waals surface area contributed by atoms with Gasteiger partial charge >= 0.3 is 0 Å². The fourth-order valence-corrected chi connectivity index (χ4v) is 2.64. The van der Waals surface area contributed by atoms with Crippen molar-refractivity contribution in [2.45, 2.75) is 26.8 Å². The predicted molar refractivity (Wildman–Crippen MR) is 94.1 cm³/mol. The molecule has 1 amide bonds. The van der Waals surface area contributed by atoms with Gasteiger partial charge in [0.05, 0.1) is 13.7 Å². The van der Waals surface area contributed by atoms with Gasteiger partial charge in [0.15, 0.2) is 0 Å². The highest BCUT2D eigenvalue weighted by Gasteiger charge is 2.20. The van der Waals surface area contributed by atoms with Gasteiger partial charge in [-0.15, -0.1) is 0 Å². The quantitative estimate of drug-likeness (QED) is 0.871. The number of nitrogens with zero attached hydrogens (tertiary/aromatic N) is 2. The normalized spacial score (nSPS) is 17.2. The molecule has 0 radical (unpaired) electrons. The SMILES string of the molecule is COc1cccc(N2CCN(CC(=O)N[C@H](C)C(C)C)CC2)c1. The molecule has 1 aliphatic heterocycles. The molecule has 1 aliphatic rings. The first-order valence-electron chi connectivity index (χ1n) is 8.40. The number of methoxy groups -OCH3 is 1. The van der Waals surface area contributed by atoms with E-state index in [0.717, 1.165) is 31.9 Å². The van der Waals surface area contributed by atoms with Crippen LogP contribution in [0.15, 0.2) is 24.3 Å². The number of benzene rings is 1. The number of carbonyl (C=O) groups excluding carboxylic acids is 1. The third-order valence-corrected chi connectivity index (χ3v) is 4.55. The number of anilines is 1. The molecule has 0 bridgehead atoms. The molecular formula is C18H29N3O2. The molecule has 0 aromatic heterocycles. The second-order valence-corrected chi connectivity index (χ2v) is 6.56. The highest BCUT2D eigenvalue weighted by Crippen LogP contribution is 2.21. The zero-order chi connectivity index (χ0) is 16.8. The van der Waals surface area contributed by atoms with Crippen LogP contribution in [0.2, 0.25) is 0 Å². The summed E-state index contributed by atoms with van der Waals surface area (Å²) >= 11 is 0. The predicted octanol–water partition coefficient (Wildman–Crippen LogP) is 1.98. The van der Waals surface area contributed by atoms with E-state index in [0.29, 0.717) is 12.5 Å². The molecule has 1 heterocycles. The highest BCUT2D eigenvalue weighted by atomic mass is 16.5. The number of ether oxygens (including phenoxy) is 1. The molecule has 5 heteroatoms. The minimum absolute atomic E-state index is 0.126. The van der Waals surface area contributed by atoms with Gasteiger partial charge in [-0.05, 0) is 25.0 Å². The molecule has 1 atom stereocenters. The van der Waals surface area contributed by atoms with Crippen LogP contribution in [-0.2, 0) is 4.79 Å². The lowest BCUT2D eigenvalue weighted by atomic mass is 10.1. The maximum absolute atomic E-state index is 12.1. The van der Waals surface area contributed by atoms with E-state index in [1.807, 2.05) is 12.1 Å². The standard InChI is InChI=1S/C18H29N3O2/c1-14(2)15(3)19-18(22)13-20-8-10-21(11-9-20)16-6-5-7-17(12-16)23-4/h5-7,12,14-15H,8-11,13H2,1-4H3,(H,19,22)/t15-/m1/s1. The Kier molecular flexibility index (Phi) is 6.28. The van der Waals surface area contributed by atoms with Crippen LogP contribution in [0.25, 0.3) is 0 Å². The van der Waals surface area contributed by atoms with Crippen LogP contribution in [-0.4, -0.2) is 56.7 Å². The number of rotatable bonds is 6. The van der Waals surface area contributed by atoms with E-state index < -0.39 is 0 Å². The van der Waals surface area contributed by atoms with Crippen LogP contribution in [0.5, 0.6) is 5.75 Å². The van der Waals surface area contributed by atoms with Crippen molar-refractivity contribution in [2.75, 3.05) is 44.7 Å². The summed E-state index contributed by atoms with van der Waals surface area (Å²) in [6.07, 6.45) is 0. The van der Waals surface area contributed by atoms with Crippen LogP contribution >= 0.6 is 0 Å². The average molecular weight is 319 g/mol. The van der Waals surface area contributed by atoms with E-state index in [9.17, 15) is 4.79 Å². The highest BCUT2D eigenvalue weighted by molar-refractivity contribution is 5.78. The first kappa shape index (κ1) is 17.6. The number of piperazine rings is 1. The van der Waals surface area contributed by atoms with E-state index in [-0.39, 0.29) is 11.9 Å². The summed E-state index contributed by atoms with van der Waals surface area (Å²) in [6, 6.07) is 8.36. The number of nitrogens with one attached hydrogen (secondary N) is 1. The van der Waals surface area contributed by atoms with Gasteiger partial charge < -0.3 is 15.0 Å². The van der Waals surface area contributed by atoms with Crippen LogP contribution in [0.4, 0.5) is 5.69 Å². The molecule has 1 saturated heterocycles. The van der Waals surface area contributed by atoms with Crippen molar-refractivity contribution < 1.29 is 9.53 Å². The molecule has 0 aliphatic carbocycles. The van der Waals surface area contributed by atoms with Crippen molar-refractivity contribution in [3.63, 3.8) is 0 Å². The molecule has 128 valence electrons. The second kappa shape index (κ2) is 8.20. The lowest BCUT2D eigenvalue weighted by Gasteiger charge is -2.36. The summed E-state index contributed by atoms with van der Waals surface area (Å²) < 4.78 is 5.29. The van der Waals surface area contributed by atoms with E-state index in [1.54, 1.807) is 7.11 Å². The average Bonchev–Trinajstić information content (AvgIpc) is 2.55. The van der Waals surface area contributed by atoms with Gasteiger partial charge in [-0.2, -0.15) is 0 Å². The van der Waals surface area contributed by atoms with Crippen LogP contribution in [0.1, 0.15) is 20.8 Å². The van der Waals surface area contributed by atoms with Crippen molar-refractivity contribution in [1.82, 2.24) is 10.2 Å². The first-order valence-corrected chi connectivity index (χ1v) is 8.40. The Hall–Kier alpha value is -1.75. The van der Waals surface area contributed by atoms with Gasteiger partial charge in [-0.3, -0.25) is 9.69 Å². The number of carbonyl (C=O) groups is 1. The molecule has 1 N–H and O–H groups in total. The first-order chi connectivity index (χ1) is 11.0. The molecule has 0 spiro atoms. The molecular weight excluding hydrogens is 290 g/mol. The molecule has 1 fully saturated rings. The topological polar surface area (TPSA) is 44.8 Å². The molecule has 1 aromatic rings. The molecule has 0 saturated carbocycles. The van der Waals surface area contributed by atoms with Crippen molar-refractivity contribution >= 4 is 11.6 Å². The Morgan fingerprint density at radius 2 is 1.91 bits per heavy atom. The van der Waals surface area contributed by atoms with Gasteiger partial charge in [0, 0.05) is 44.0 Å². The fraction of sp³-hybridized carbons (Fsp3) is 0.611. The monoisotopic (exact) mass is 319 g/mol. The van der Waals surface area contributed by atoms with E-state index >= 15 is 0 Å². The van der Waals surface area contributed by atoms with Crippen molar-refractivity contribution in [2.24, 2.45) is 5.92 Å². The maximum atomic E-state index is 12.1. The van der Waals surface area contributed by atoms with Gasteiger partial charge in [-0.25, -0.2) is 0 Å². The minimum Gasteiger partial charge on any atom is -0.497 e. The summed E-state index contributed by atoms with van der Waals surface area (Å²) in [5.74, 6) is 1.47. The number of hydrogen-bond donors (Lipinski definition) is 1. The molecule has 1 aromatic carbocycles. The molecule has 0 unspecified atom stereocenters. The lowest BCUT2D eigenvalue weighted by molar-refractivity contribution is -0.123. The Labute approximate surface area is 139 Å². The second-order valence-electron chi connectivity index (χ2n) is 6.56. The molecule has 5 nitrogen and oxygen atoms in total. The van der Waals surface area contributed by atoms with Crippen LogP contribution < -0.4 is 15.0 Å². The van der Waals surface area contributed by atoms with E-state index in [2.05, 4.69) is 48.0 Å². The third kappa shape index (κ3) is 5.13.